The molecule has 3 rings (SSSR count). The van der Waals surface area contributed by atoms with Crippen LogP contribution >= 0.6 is 0 Å². The van der Waals surface area contributed by atoms with Gasteiger partial charge in [-0.3, -0.25) is 9.59 Å². The van der Waals surface area contributed by atoms with Crippen LogP contribution in [-0.4, -0.2) is 51.8 Å². The molecule has 2 aliphatic rings. The number of carbonyl (C=O) groups excluding carboxylic acids is 2. The van der Waals surface area contributed by atoms with Crippen molar-refractivity contribution in [2.75, 3.05) is 13.1 Å². The molecule has 0 radical (unpaired) electrons. The van der Waals surface area contributed by atoms with E-state index in [0.717, 1.165) is 12.5 Å². The van der Waals surface area contributed by atoms with Crippen LogP contribution in [0.3, 0.4) is 0 Å². The predicted octanol–water partition coefficient (Wildman–Crippen LogP) is 1.61. The molecule has 0 aliphatic carbocycles. The third-order valence-corrected chi connectivity index (χ3v) is 4.45. The Labute approximate surface area is 128 Å². The van der Waals surface area contributed by atoms with Crippen molar-refractivity contribution in [2.24, 2.45) is 0 Å². The van der Waals surface area contributed by atoms with E-state index in [1.54, 1.807) is 11.0 Å². The molecule has 0 aromatic carbocycles. The highest BCUT2D eigenvalue weighted by atomic mass is 19.1. The molecule has 2 aliphatic heterocycles. The summed E-state index contributed by atoms with van der Waals surface area (Å²) in [6.07, 6.45) is 4.86. The average Bonchev–Trinajstić information content (AvgIpc) is 2.93. The first-order chi connectivity index (χ1) is 10.6. The lowest BCUT2D eigenvalue weighted by atomic mass is 9.96. The molecule has 2 fully saturated rings. The van der Waals surface area contributed by atoms with Gasteiger partial charge in [0.2, 0.25) is 11.9 Å². The zero-order valence-corrected chi connectivity index (χ0v) is 12.2. The van der Waals surface area contributed by atoms with Crippen molar-refractivity contribution in [3.63, 3.8) is 0 Å². The molecule has 0 N–H and O–H groups in total. The van der Waals surface area contributed by atoms with Crippen molar-refractivity contribution in [1.82, 2.24) is 14.8 Å². The molecule has 2 atom stereocenters. The number of rotatable bonds is 3. The van der Waals surface area contributed by atoms with Gasteiger partial charge in [-0.05, 0) is 18.9 Å². The van der Waals surface area contributed by atoms with Gasteiger partial charge in [0.1, 0.15) is 0 Å². The smallest absolute Gasteiger partial charge is 0.254 e. The molecule has 6 heteroatoms. The fourth-order valence-corrected chi connectivity index (χ4v) is 3.48. The summed E-state index contributed by atoms with van der Waals surface area (Å²) in [4.78, 5) is 31.7. The minimum atomic E-state index is -0.659. The minimum Gasteiger partial charge on any atom is -0.334 e. The van der Waals surface area contributed by atoms with Crippen molar-refractivity contribution in [2.45, 2.75) is 31.3 Å². The summed E-state index contributed by atoms with van der Waals surface area (Å²) in [5.74, 6) is -0.735. The number of aromatic nitrogens is 1. The van der Waals surface area contributed by atoms with E-state index in [-0.39, 0.29) is 23.9 Å². The summed E-state index contributed by atoms with van der Waals surface area (Å²) in [6, 6.07) is 2.72. The minimum absolute atomic E-state index is 0.00127. The lowest BCUT2D eigenvalue weighted by Crippen LogP contribution is -2.53. The molecule has 116 valence electrons. The number of carbonyl (C=O) groups is 2. The van der Waals surface area contributed by atoms with Gasteiger partial charge >= 0.3 is 0 Å². The Bertz CT molecular complexity index is 619. The van der Waals surface area contributed by atoms with E-state index in [0.29, 0.717) is 31.5 Å². The van der Waals surface area contributed by atoms with Crippen LogP contribution in [0.1, 0.15) is 29.6 Å². The number of likely N-dealkylation sites (tertiary alicyclic amines) is 2. The molecule has 2 amide bonds. The van der Waals surface area contributed by atoms with Crippen molar-refractivity contribution in [3.05, 3.63) is 42.5 Å². The number of halogens is 1. The maximum absolute atomic E-state index is 13.2. The first-order valence-electron chi connectivity index (χ1n) is 7.44. The van der Waals surface area contributed by atoms with E-state index >= 15 is 0 Å². The summed E-state index contributed by atoms with van der Waals surface area (Å²) < 4.78 is 13.2. The van der Waals surface area contributed by atoms with Crippen LogP contribution in [-0.2, 0) is 4.79 Å². The van der Waals surface area contributed by atoms with Gasteiger partial charge in [0.15, 0.2) is 0 Å². The van der Waals surface area contributed by atoms with Crippen LogP contribution in [0.25, 0.3) is 0 Å². The number of piperidine rings is 1. The van der Waals surface area contributed by atoms with Crippen molar-refractivity contribution >= 4 is 11.8 Å². The Morgan fingerprint density at radius 2 is 2.27 bits per heavy atom. The van der Waals surface area contributed by atoms with Gasteiger partial charge in [0, 0.05) is 37.3 Å². The van der Waals surface area contributed by atoms with Gasteiger partial charge in [-0.1, -0.05) is 6.08 Å². The lowest BCUT2D eigenvalue weighted by Gasteiger charge is -2.39. The fraction of sp³-hybridized carbons (Fsp3) is 0.438. The maximum Gasteiger partial charge on any atom is 0.254 e. The Morgan fingerprint density at radius 1 is 1.45 bits per heavy atom. The number of amides is 2. The molecule has 22 heavy (non-hydrogen) atoms. The van der Waals surface area contributed by atoms with E-state index in [2.05, 4.69) is 11.6 Å². The zero-order chi connectivity index (χ0) is 15.7. The standard InChI is InChI=1S/C16H18FN3O2/c1-2-8-19-13-6-9-20(12(13)3-4-15(19)21)16(22)11-5-7-18-14(17)10-11/h2,5,7,10,12-13H,1,3-4,6,8-9H2/t12-,13-/m1/s1. The molecule has 3 heterocycles. The Morgan fingerprint density at radius 3 is 3.00 bits per heavy atom. The van der Waals surface area contributed by atoms with E-state index in [1.165, 1.54) is 12.3 Å². The van der Waals surface area contributed by atoms with Crippen LogP contribution in [0.2, 0.25) is 0 Å². The van der Waals surface area contributed by atoms with Crippen LogP contribution in [0.15, 0.2) is 31.0 Å². The molecule has 2 saturated heterocycles. The van der Waals surface area contributed by atoms with E-state index in [4.69, 9.17) is 0 Å². The molecule has 1 aromatic rings. The van der Waals surface area contributed by atoms with Crippen molar-refractivity contribution in [3.8, 4) is 0 Å². The maximum atomic E-state index is 13.2. The highest BCUT2D eigenvalue weighted by Gasteiger charge is 2.44. The summed E-state index contributed by atoms with van der Waals surface area (Å²) in [6.45, 7) is 4.78. The normalized spacial score (nSPS) is 24.3. The van der Waals surface area contributed by atoms with Crippen molar-refractivity contribution in [1.29, 1.82) is 0 Å². The summed E-state index contributed by atoms with van der Waals surface area (Å²) in [5.41, 5.74) is 0.306. The first-order valence-corrected chi connectivity index (χ1v) is 7.44. The molecule has 0 spiro atoms. The molecule has 0 unspecified atom stereocenters. The molecule has 0 saturated carbocycles. The van der Waals surface area contributed by atoms with Crippen molar-refractivity contribution < 1.29 is 14.0 Å². The SMILES string of the molecule is C=CCN1C(=O)CC[C@@H]2[C@H]1CCN2C(=O)c1ccnc(F)c1. The highest BCUT2D eigenvalue weighted by molar-refractivity contribution is 5.94. The highest BCUT2D eigenvalue weighted by Crippen LogP contribution is 2.32. The first kappa shape index (κ1) is 14.7. The second-order valence-corrected chi connectivity index (χ2v) is 5.66. The third-order valence-electron chi connectivity index (χ3n) is 4.45. The second-order valence-electron chi connectivity index (χ2n) is 5.66. The summed E-state index contributed by atoms with van der Waals surface area (Å²) in [7, 11) is 0. The number of hydrogen-bond donors (Lipinski definition) is 0. The van der Waals surface area contributed by atoms with E-state index < -0.39 is 5.95 Å². The lowest BCUT2D eigenvalue weighted by molar-refractivity contribution is -0.136. The van der Waals surface area contributed by atoms with Gasteiger partial charge < -0.3 is 9.80 Å². The van der Waals surface area contributed by atoms with E-state index in [9.17, 15) is 14.0 Å². The van der Waals surface area contributed by atoms with Crippen LogP contribution in [0.4, 0.5) is 4.39 Å². The quantitative estimate of drug-likeness (QED) is 0.630. The largest absolute Gasteiger partial charge is 0.334 e. The zero-order valence-electron chi connectivity index (χ0n) is 12.2. The van der Waals surface area contributed by atoms with Gasteiger partial charge in [0.25, 0.3) is 5.91 Å². The molecule has 5 nitrogen and oxygen atoms in total. The van der Waals surface area contributed by atoms with Gasteiger partial charge in [-0.25, -0.2) is 4.98 Å². The Kier molecular flexibility index (Phi) is 3.92. The number of hydrogen-bond acceptors (Lipinski definition) is 3. The van der Waals surface area contributed by atoms with Crippen LogP contribution in [0.5, 0.6) is 0 Å². The molecule has 0 bridgehead atoms. The van der Waals surface area contributed by atoms with Gasteiger partial charge in [0.05, 0.1) is 12.1 Å². The molecular weight excluding hydrogens is 285 g/mol. The average molecular weight is 303 g/mol. The third kappa shape index (κ3) is 2.49. The second kappa shape index (κ2) is 5.87. The topological polar surface area (TPSA) is 53.5 Å². The van der Waals surface area contributed by atoms with Gasteiger partial charge in [-0.2, -0.15) is 4.39 Å². The number of pyridine rings is 1. The molecular formula is C16H18FN3O2. The number of nitrogens with zero attached hydrogens (tertiary/aromatic N) is 3. The monoisotopic (exact) mass is 303 g/mol. The predicted molar refractivity (Wildman–Crippen MR) is 78.6 cm³/mol. The Balaban J connectivity index is 1.81. The molecule has 1 aromatic heterocycles. The number of fused-ring (bicyclic) bond motifs is 1. The summed E-state index contributed by atoms with van der Waals surface area (Å²) >= 11 is 0. The Hall–Kier alpha value is -2.24. The van der Waals surface area contributed by atoms with Gasteiger partial charge in [-0.15, -0.1) is 6.58 Å². The fourth-order valence-electron chi connectivity index (χ4n) is 3.48. The summed E-state index contributed by atoms with van der Waals surface area (Å²) in [5, 5.41) is 0. The van der Waals surface area contributed by atoms with Crippen LogP contribution in [0, 0.1) is 5.95 Å². The van der Waals surface area contributed by atoms with Crippen LogP contribution < -0.4 is 0 Å². The van der Waals surface area contributed by atoms with E-state index in [1.807, 2.05) is 4.90 Å².